The number of methoxy groups -OCH3 is 2. The first-order chi connectivity index (χ1) is 14.0. The lowest BCUT2D eigenvalue weighted by Crippen LogP contribution is -2.08. The van der Waals surface area contributed by atoms with E-state index in [9.17, 15) is 26.3 Å². The van der Waals surface area contributed by atoms with Gasteiger partial charge in [-0.15, -0.1) is 0 Å². The van der Waals surface area contributed by atoms with Crippen LogP contribution in [0.1, 0.15) is 17.1 Å². The second kappa shape index (κ2) is 7.84. The first kappa shape index (κ1) is 21.4. The highest BCUT2D eigenvalue weighted by Gasteiger charge is 2.35. The van der Waals surface area contributed by atoms with Gasteiger partial charge in [-0.3, -0.25) is 0 Å². The molecule has 0 saturated heterocycles. The number of aromatic nitrogens is 4. The number of hydrogen-bond acceptors (Lipinski definition) is 5. The van der Waals surface area contributed by atoms with Crippen molar-refractivity contribution in [1.82, 2.24) is 19.5 Å². The van der Waals surface area contributed by atoms with Crippen LogP contribution in [0.2, 0.25) is 0 Å². The van der Waals surface area contributed by atoms with E-state index in [1.165, 1.54) is 20.3 Å². The van der Waals surface area contributed by atoms with Gasteiger partial charge in [-0.05, 0) is 12.1 Å². The molecular weight excluding hydrogens is 418 g/mol. The fraction of sp³-hybridized carbons (Fsp3) is 0.278. The van der Waals surface area contributed by atoms with Crippen LogP contribution in [0.5, 0.6) is 11.8 Å². The van der Waals surface area contributed by atoms with E-state index >= 15 is 0 Å². The van der Waals surface area contributed by atoms with Gasteiger partial charge < -0.3 is 14.0 Å². The van der Waals surface area contributed by atoms with Gasteiger partial charge in [0.15, 0.2) is 11.5 Å². The van der Waals surface area contributed by atoms with Crippen LogP contribution in [0.4, 0.5) is 26.3 Å². The molecule has 0 saturated carbocycles. The second-order valence-electron chi connectivity index (χ2n) is 6.02. The Bertz CT molecular complexity index is 1010. The Balaban J connectivity index is 2.05. The minimum Gasteiger partial charge on any atom is -0.481 e. The van der Waals surface area contributed by atoms with Crippen LogP contribution >= 0.6 is 0 Å². The zero-order chi connectivity index (χ0) is 22.1. The summed E-state index contributed by atoms with van der Waals surface area (Å²) in [5, 5.41) is 0. The van der Waals surface area contributed by atoms with Crippen molar-refractivity contribution in [2.75, 3.05) is 14.2 Å². The fourth-order valence-electron chi connectivity index (χ4n) is 2.59. The third-order valence-corrected chi connectivity index (χ3v) is 3.99. The normalized spacial score (nSPS) is 12.1. The topological polar surface area (TPSA) is 62.1 Å². The molecule has 2 heterocycles. The maximum atomic E-state index is 13.2. The molecule has 1 aromatic carbocycles. The molecule has 0 unspecified atom stereocenters. The second-order valence-corrected chi connectivity index (χ2v) is 6.02. The Labute approximate surface area is 166 Å². The molecule has 12 heteroatoms. The van der Waals surface area contributed by atoms with Gasteiger partial charge in [-0.25, -0.2) is 4.98 Å². The maximum absolute atomic E-state index is 13.2. The number of alkyl halides is 6. The highest BCUT2D eigenvalue weighted by atomic mass is 19.4. The Kier molecular flexibility index (Phi) is 5.59. The van der Waals surface area contributed by atoms with E-state index in [-0.39, 0.29) is 35.5 Å². The van der Waals surface area contributed by atoms with Crippen molar-refractivity contribution in [1.29, 1.82) is 0 Å². The number of nitrogens with zero attached hydrogens (tertiary/aromatic N) is 4. The average molecular weight is 432 g/mol. The number of rotatable bonds is 5. The van der Waals surface area contributed by atoms with Gasteiger partial charge >= 0.3 is 12.4 Å². The molecule has 0 radical (unpaired) electrons. The van der Waals surface area contributed by atoms with Gasteiger partial charge in [0.05, 0.1) is 32.4 Å². The van der Waals surface area contributed by atoms with E-state index in [0.717, 1.165) is 35.0 Å². The molecule has 160 valence electrons. The van der Waals surface area contributed by atoms with Crippen LogP contribution in [-0.4, -0.2) is 33.7 Å². The van der Waals surface area contributed by atoms with Crippen LogP contribution in [0, 0.1) is 0 Å². The standard InChI is InChI=1S/C18H14F6N4O2/c1-29-14-7-15(30-2)27-13(26-14)9-28-8-12(18(22,23)24)25-16(28)10-3-5-11(6-4-10)17(19,20)21/h3-8H,9H2,1-2H3. The Hall–Kier alpha value is -3.31. The van der Waals surface area contributed by atoms with Gasteiger partial charge in [0.1, 0.15) is 5.82 Å². The summed E-state index contributed by atoms with van der Waals surface area (Å²) in [7, 11) is 2.69. The molecule has 0 amide bonds. The summed E-state index contributed by atoms with van der Waals surface area (Å²) < 4.78 is 89.1. The first-order valence-electron chi connectivity index (χ1n) is 8.29. The molecule has 0 atom stereocenters. The van der Waals surface area contributed by atoms with Crippen molar-refractivity contribution < 1.29 is 35.8 Å². The van der Waals surface area contributed by atoms with Gasteiger partial charge in [-0.2, -0.15) is 36.3 Å². The minimum absolute atomic E-state index is 0.0606. The molecule has 0 aliphatic rings. The van der Waals surface area contributed by atoms with Gasteiger partial charge in [0.25, 0.3) is 0 Å². The van der Waals surface area contributed by atoms with Crippen LogP contribution in [0.3, 0.4) is 0 Å². The van der Waals surface area contributed by atoms with E-state index in [0.29, 0.717) is 0 Å². The van der Waals surface area contributed by atoms with Crippen molar-refractivity contribution in [2.45, 2.75) is 18.9 Å². The Morgan fingerprint density at radius 3 is 1.87 bits per heavy atom. The van der Waals surface area contributed by atoms with Crippen LogP contribution in [-0.2, 0) is 18.9 Å². The van der Waals surface area contributed by atoms with E-state index in [4.69, 9.17) is 9.47 Å². The summed E-state index contributed by atoms with van der Waals surface area (Å²) >= 11 is 0. The van der Waals surface area contributed by atoms with Crippen LogP contribution in [0.25, 0.3) is 11.4 Å². The zero-order valence-electron chi connectivity index (χ0n) is 15.5. The number of hydrogen-bond donors (Lipinski definition) is 0. The number of imidazole rings is 1. The molecule has 6 nitrogen and oxygen atoms in total. The molecule has 3 aromatic rings. The number of ether oxygens (including phenoxy) is 2. The summed E-state index contributed by atoms with van der Waals surface area (Å²) in [6.07, 6.45) is -8.59. The lowest BCUT2D eigenvalue weighted by atomic mass is 10.1. The largest absolute Gasteiger partial charge is 0.481 e. The van der Waals surface area contributed by atoms with Crippen LogP contribution in [0.15, 0.2) is 36.5 Å². The SMILES string of the molecule is COc1cc(OC)nc(Cn2cc(C(F)(F)F)nc2-c2ccc(C(F)(F)F)cc2)n1. The summed E-state index contributed by atoms with van der Waals surface area (Å²) in [5.74, 6) is 0.125. The lowest BCUT2D eigenvalue weighted by molar-refractivity contribution is -0.141. The molecule has 0 spiro atoms. The van der Waals surface area contributed by atoms with Gasteiger partial charge in [-0.1, -0.05) is 12.1 Å². The predicted octanol–water partition coefficient (Wildman–Crippen LogP) is 4.44. The molecule has 0 bridgehead atoms. The monoisotopic (exact) mass is 432 g/mol. The minimum atomic E-state index is -4.75. The van der Waals surface area contributed by atoms with Gasteiger partial charge in [0.2, 0.25) is 11.8 Å². The molecular formula is C18H14F6N4O2. The van der Waals surface area contributed by atoms with Gasteiger partial charge in [0, 0.05) is 11.8 Å². The Morgan fingerprint density at radius 1 is 0.833 bits per heavy atom. The molecule has 30 heavy (non-hydrogen) atoms. The summed E-state index contributed by atoms with van der Waals surface area (Å²) in [4.78, 5) is 11.7. The number of halogens is 6. The quantitative estimate of drug-likeness (QED) is 0.558. The van der Waals surface area contributed by atoms with Crippen molar-refractivity contribution in [3.63, 3.8) is 0 Å². The maximum Gasteiger partial charge on any atom is 0.434 e. The molecule has 2 aromatic heterocycles. The van der Waals surface area contributed by atoms with E-state index < -0.39 is 23.6 Å². The first-order valence-corrected chi connectivity index (χ1v) is 8.29. The third-order valence-electron chi connectivity index (χ3n) is 3.99. The van der Waals surface area contributed by atoms with Crippen molar-refractivity contribution in [3.8, 4) is 23.1 Å². The van der Waals surface area contributed by atoms with E-state index in [2.05, 4.69) is 15.0 Å². The highest BCUT2D eigenvalue weighted by Crippen LogP contribution is 2.33. The third kappa shape index (κ3) is 4.63. The molecule has 0 N–H and O–H groups in total. The average Bonchev–Trinajstić information content (AvgIpc) is 3.11. The molecule has 0 aliphatic carbocycles. The van der Waals surface area contributed by atoms with Crippen molar-refractivity contribution in [2.24, 2.45) is 0 Å². The lowest BCUT2D eigenvalue weighted by Gasteiger charge is -2.10. The van der Waals surface area contributed by atoms with Crippen molar-refractivity contribution in [3.05, 3.63) is 53.6 Å². The highest BCUT2D eigenvalue weighted by molar-refractivity contribution is 5.57. The number of benzene rings is 1. The zero-order valence-corrected chi connectivity index (χ0v) is 15.5. The van der Waals surface area contributed by atoms with E-state index in [1.54, 1.807) is 0 Å². The van der Waals surface area contributed by atoms with Crippen LogP contribution < -0.4 is 9.47 Å². The summed E-state index contributed by atoms with van der Waals surface area (Å²) in [6.45, 7) is -0.257. The molecule has 0 aliphatic heterocycles. The smallest absolute Gasteiger partial charge is 0.434 e. The van der Waals surface area contributed by atoms with E-state index in [1.807, 2.05) is 0 Å². The fourth-order valence-corrected chi connectivity index (χ4v) is 2.59. The predicted molar refractivity (Wildman–Crippen MR) is 91.9 cm³/mol. The summed E-state index contributed by atoms with van der Waals surface area (Å²) in [5.41, 5.74) is -2.07. The Morgan fingerprint density at radius 2 is 1.40 bits per heavy atom. The molecule has 0 fully saturated rings. The van der Waals surface area contributed by atoms with Crippen molar-refractivity contribution >= 4 is 0 Å². The molecule has 3 rings (SSSR count). The summed E-state index contributed by atoms with van der Waals surface area (Å²) in [6, 6.07) is 5.03.